The van der Waals surface area contributed by atoms with Crippen LogP contribution in [0.15, 0.2) is 51.7 Å². The monoisotopic (exact) mass is 448 g/mol. The molecular weight excluding hydrogens is 422 g/mol. The lowest BCUT2D eigenvalue weighted by Crippen LogP contribution is -2.45. The number of rotatable bonds is 6. The van der Waals surface area contributed by atoms with Crippen molar-refractivity contribution in [3.8, 4) is 5.75 Å². The highest BCUT2D eigenvalue weighted by Gasteiger charge is 2.24. The Kier molecular flexibility index (Phi) is 6.49. The van der Waals surface area contributed by atoms with E-state index < -0.39 is 11.9 Å². The Labute approximate surface area is 191 Å². The van der Waals surface area contributed by atoms with Crippen molar-refractivity contribution in [2.75, 3.05) is 19.7 Å². The van der Waals surface area contributed by atoms with Crippen LogP contribution in [0.25, 0.3) is 11.0 Å². The molecule has 0 spiro atoms. The van der Waals surface area contributed by atoms with Crippen LogP contribution in [-0.4, -0.2) is 36.5 Å². The van der Waals surface area contributed by atoms with Gasteiger partial charge in [0.2, 0.25) is 0 Å². The summed E-state index contributed by atoms with van der Waals surface area (Å²) in [5.74, 6) is -1.29. The van der Waals surface area contributed by atoms with E-state index in [0.717, 1.165) is 16.7 Å². The average Bonchev–Trinajstić information content (AvgIpc) is 2.80. The minimum absolute atomic E-state index is 0.179. The van der Waals surface area contributed by atoms with Gasteiger partial charge in [0.25, 0.3) is 5.91 Å². The zero-order chi connectivity index (χ0) is 23.5. The van der Waals surface area contributed by atoms with Crippen LogP contribution in [0.1, 0.15) is 35.1 Å². The van der Waals surface area contributed by atoms with E-state index in [-0.39, 0.29) is 18.1 Å². The van der Waals surface area contributed by atoms with E-state index in [1.807, 2.05) is 50.2 Å². The molecule has 0 radical (unpaired) electrons. The fourth-order valence-corrected chi connectivity index (χ4v) is 4.35. The Hall–Kier alpha value is -3.61. The molecule has 1 aliphatic rings. The molecule has 2 aromatic carbocycles. The minimum Gasteiger partial charge on any atom is -0.550 e. The molecule has 0 unspecified atom stereocenters. The van der Waals surface area contributed by atoms with Crippen LogP contribution in [0, 0.1) is 19.8 Å². The number of amides is 1. The third kappa shape index (κ3) is 4.92. The van der Waals surface area contributed by atoms with E-state index in [9.17, 15) is 19.5 Å². The molecule has 0 atom stereocenters. The predicted molar refractivity (Wildman–Crippen MR) is 121 cm³/mol. The smallest absolute Gasteiger partial charge is 0.340 e. The van der Waals surface area contributed by atoms with Crippen molar-refractivity contribution in [1.29, 1.82) is 0 Å². The Balaban J connectivity index is 1.58. The van der Waals surface area contributed by atoms with Crippen molar-refractivity contribution in [2.24, 2.45) is 5.92 Å². The summed E-state index contributed by atoms with van der Waals surface area (Å²) in [5, 5.41) is 11.7. The van der Waals surface area contributed by atoms with Crippen molar-refractivity contribution in [3.63, 3.8) is 0 Å². The standard InChI is InChI=1S/C26H27NO6/c1-16-12-21(32-15-23(28)27-10-8-19(9-11-27)25(29)30)24-17(2)20(26(31)33-22(24)13-16)14-18-6-4-3-5-7-18/h3-7,12-13,19H,8-11,14-15H2,1-2H3,(H,29,30)/p-1. The summed E-state index contributed by atoms with van der Waals surface area (Å²) in [5.41, 5.74) is 3.20. The number of carboxylic acid groups (broad SMARTS) is 1. The van der Waals surface area contributed by atoms with Crippen LogP contribution >= 0.6 is 0 Å². The number of hydrogen-bond acceptors (Lipinski definition) is 6. The number of benzene rings is 2. The molecule has 0 aliphatic carbocycles. The first kappa shape index (κ1) is 22.6. The normalized spacial score (nSPS) is 14.4. The van der Waals surface area contributed by atoms with Gasteiger partial charge < -0.3 is 24.0 Å². The summed E-state index contributed by atoms with van der Waals surface area (Å²) < 4.78 is 11.6. The Morgan fingerprint density at radius 3 is 2.48 bits per heavy atom. The highest BCUT2D eigenvalue weighted by atomic mass is 16.5. The maximum atomic E-state index is 12.7. The van der Waals surface area contributed by atoms with Crippen molar-refractivity contribution < 1.29 is 23.8 Å². The molecule has 3 aromatic rings. The van der Waals surface area contributed by atoms with Gasteiger partial charge in [-0.05, 0) is 55.5 Å². The maximum Gasteiger partial charge on any atom is 0.340 e. The topological polar surface area (TPSA) is 99.9 Å². The van der Waals surface area contributed by atoms with Crippen molar-refractivity contribution in [1.82, 2.24) is 4.90 Å². The van der Waals surface area contributed by atoms with Gasteiger partial charge in [-0.3, -0.25) is 4.79 Å². The molecule has 0 bridgehead atoms. The van der Waals surface area contributed by atoms with Gasteiger partial charge in [0.1, 0.15) is 11.3 Å². The van der Waals surface area contributed by atoms with Gasteiger partial charge in [-0.25, -0.2) is 4.79 Å². The number of carbonyl (C=O) groups is 2. The first-order valence-electron chi connectivity index (χ1n) is 11.1. The number of piperidine rings is 1. The van der Waals surface area contributed by atoms with E-state index in [4.69, 9.17) is 9.15 Å². The number of nitrogens with zero attached hydrogens (tertiary/aromatic N) is 1. The number of carbonyl (C=O) groups excluding carboxylic acids is 2. The van der Waals surface area contributed by atoms with Gasteiger partial charge >= 0.3 is 5.63 Å². The fraction of sp³-hybridized carbons (Fsp3) is 0.346. The summed E-state index contributed by atoms with van der Waals surface area (Å²) >= 11 is 0. The number of aliphatic carboxylic acids is 1. The molecule has 7 heteroatoms. The van der Waals surface area contributed by atoms with Crippen molar-refractivity contribution in [2.45, 2.75) is 33.1 Å². The molecule has 1 aromatic heterocycles. The molecule has 1 saturated heterocycles. The summed E-state index contributed by atoms with van der Waals surface area (Å²) in [7, 11) is 0. The van der Waals surface area contributed by atoms with Crippen LogP contribution in [0.4, 0.5) is 0 Å². The first-order chi connectivity index (χ1) is 15.8. The SMILES string of the molecule is Cc1cc(OCC(=O)N2CCC(C(=O)[O-])CC2)c2c(C)c(Cc3ccccc3)c(=O)oc2c1. The summed E-state index contributed by atoms with van der Waals surface area (Å²) in [4.78, 5) is 38.0. The minimum atomic E-state index is -1.06. The second-order valence-electron chi connectivity index (χ2n) is 8.55. The maximum absolute atomic E-state index is 12.7. The van der Waals surface area contributed by atoms with Gasteiger partial charge in [-0.1, -0.05) is 30.3 Å². The number of fused-ring (bicyclic) bond motifs is 1. The predicted octanol–water partition coefficient (Wildman–Crippen LogP) is 2.37. The van der Waals surface area contributed by atoms with Crippen molar-refractivity contribution >= 4 is 22.8 Å². The van der Waals surface area contributed by atoms with E-state index >= 15 is 0 Å². The van der Waals surface area contributed by atoms with Crippen LogP contribution < -0.4 is 15.5 Å². The third-order valence-electron chi connectivity index (χ3n) is 6.24. The highest BCUT2D eigenvalue weighted by Crippen LogP contribution is 2.32. The molecule has 0 N–H and O–H groups in total. The second kappa shape index (κ2) is 9.48. The molecule has 7 nitrogen and oxygen atoms in total. The number of aryl methyl sites for hydroxylation is 2. The van der Waals surface area contributed by atoms with Gasteiger partial charge in [0.05, 0.1) is 5.39 Å². The summed E-state index contributed by atoms with van der Waals surface area (Å²) in [6.07, 6.45) is 1.20. The quantitative estimate of drug-likeness (QED) is 0.537. The summed E-state index contributed by atoms with van der Waals surface area (Å²) in [6, 6.07) is 13.3. The van der Waals surface area contributed by atoms with Gasteiger partial charge in [-0.2, -0.15) is 0 Å². The lowest BCUT2D eigenvalue weighted by molar-refractivity contribution is -0.312. The Morgan fingerprint density at radius 2 is 1.82 bits per heavy atom. The number of likely N-dealkylation sites (tertiary alicyclic amines) is 1. The average molecular weight is 448 g/mol. The first-order valence-corrected chi connectivity index (χ1v) is 11.1. The highest BCUT2D eigenvalue weighted by molar-refractivity contribution is 5.89. The molecule has 33 heavy (non-hydrogen) atoms. The second-order valence-corrected chi connectivity index (χ2v) is 8.55. The molecule has 0 saturated carbocycles. The van der Waals surface area contributed by atoms with Gasteiger partial charge in [-0.15, -0.1) is 0 Å². The Bertz CT molecular complexity index is 1240. The fourth-order valence-electron chi connectivity index (χ4n) is 4.35. The number of hydrogen-bond donors (Lipinski definition) is 0. The van der Waals surface area contributed by atoms with Crippen molar-refractivity contribution in [3.05, 3.63) is 75.1 Å². The molecular formula is C26H26NO6-. The molecule has 4 rings (SSSR count). The van der Waals surface area contributed by atoms with Crippen LogP contribution in [0.3, 0.4) is 0 Å². The molecule has 1 aliphatic heterocycles. The number of carboxylic acids is 1. The molecule has 172 valence electrons. The molecule has 1 amide bonds. The number of ether oxygens (including phenoxy) is 1. The lowest BCUT2D eigenvalue weighted by Gasteiger charge is -2.32. The zero-order valence-corrected chi connectivity index (χ0v) is 18.8. The summed E-state index contributed by atoms with van der Waals surface area (Å²) in [6.45, 7) is 4.29. The third-order valence-corrected chi connectivity index (χ3v) is 6.24. The van der Waals surface area contributed by atoms with Gasteiger partial charge in [0, 0.05) is 37.0 Å². The molecule has 1 fully saturated rings. The van der Waals surface area contributed by atoms with Crippen LogP contribution in [0.2, 0.25) is 0 Å². The Morgan fingerprint density at radius 1 is 1.12 bits per heavy atom. The van der Waals surface area contributed by atoms with Crippen LogP contribution in [-0.2, 0) is 16.0 Å². The largest absolute Gasteiger partial charge is 0.550 e. The lowest BCUT2D eigenvalue weighted by atomic mass is 9.97. The van der Waals surface area contributed by atoms with E-state index in [1.54, 1.807) is 11.0 Å². The van der Waals surface area contributed by atoms with E-state index in [1.165, 1.54) is 0 Å². The van der Waals surface area contributed by atoms with E-state index in [0.29, 0.717) is 54.6 Å². The van der Waals surface area contributed by atoms with Crippen LogP contribution in [0.5, 0.6) is 5.75 Å². The van der Waals surface area contributed by atoms with Gasteiger partial charge in [0.15, 0.2) is 6.61 Å². The zero-order valence-electron chi connectivity index (χ0n) is 18.8. The molecule has 2 heterocycles. The van der Waals surface area contributed by atoms with E-state index in [2.05, 4.69) is 0 Å².